The van der Waals surface area contributed by atoms with Crippen LogP contribution >= 0.6 is 27.5 Å². The highest BCUT2D eigenvalue weighted by Crippen LogP contribution is 2.20. The zero-order valence-corrected chi connectivity index (χ0v) is 11.2. The highest BCUT2D eigenvalue weighted by molar-refractivity contribution is 9.10. The summed E-state index contributed by atoms with van der Waals surface area (Å²) in [4.78, 5) is 11.7. The molecule has 0 aliphatic heterocycles. The van der Waals surface area contributed by atoms with Crippen molar-refractivity contribution >= 4 is 33.4 Å². The third-order valence-electron chi connectivity index (χ3n) is 1.89. The summed E-state index contributed by atoms with van der Waals surface area (Å²) in [6.45, 7) is 2.30. The van der Waals surface area contributed by atoms with E-state index >= 15 is 0 Å². The number of carbonyl (C=O) groups is 1. The van der Waals surface area contributed by atoms with Gasteiger partial charge in [-0.3, -0.25) is 4.79 Å². The average Bonchev–Trinajstić information content (AvgIpc) is 2.27. The molecule has 1 rings (SSSR count). The van der Waals surface area contributed by atoms with Gasteiger partial charge in [0.1, 0.15) is 0 Å². The summed E-state index contributed by atoms with van der Waals surface area (Å²) < 4.78 is 0.829. The number of hydrogen-bond donors (Lipinski definition) is 1. The maximum Gasteiger partial charge on any atom is 0.252 e. The second kappa shape index (κ2) is 6.57. The molecule has 0 aromatic heterocycles. The minimum Gasteiger partial charge on any atom is -0.351 e. The first-order valence-electron chi connectivity index (χ1n) is 4.78. The van der Waals surface area contributed by atoms with Crippen molar-refractivity contribution in [3.05, 3.63) is 33.3 Å². The van der Waals surface area contributed by atoms with Gasteiger partial charge in [-0.1, -0.05) is 27.5 Å². The predicted molar refractivity (Wildman–Crippen MR) is 69.6 cm³/mol. The van der Waals surface area contributed by atoms with E-state index in [0.717, 1.165) is 4.47 Å². The summed E-state index contributed by atoms with van der Waals surface area (Å²) in [6, 6.07) is 5.18. The van der Waals surface area contributed by atoms with Crippen molar-refractivity contribution in [3.8, 4) is 11.8 Å². The Hall–Kier alpha value is -0.980. The highest BCUT2D eigenvalue weighted by Gasteiger charge is 2.09. The quantitative estimate of drug-likeness (QED) is 0.674. The second-order valence-corrected chi connectivity index (χ2v) is 4.38. The largest absolute Gasteiger partial charge is 0.351 e. The first-order valence-corrected chi connectivity index (χ1v) is 5.95. The highest BCUT2D eigenvalue weighted by atomic mass is 79.9. The third-order valence-corrected chi connectivity index (χ3v) is 2.71. The number of benzene rings is 1. The van der Waals surface area contributed by atoms with Crippen LogP contribution in [0.5, 0.6) is 0 Å². The van der Waals surface area contributed by atoms with E-state index in [1.807, 2.05) is 0 Å². The number of rotatable bonds is 3. The molecule has 1 amide bonds. The van der Waals surface area contributed by atoms with Gasteiger partial charge in [0.25, 0.3) is 5.91 Å². The van der Waals surface area contributed by atoms with Gasteiger partial charge in [-0.2, -0.15) is 0 Å². The molecule has 4 heteroatoms. The molecule has 0 heterocycles. The molecule has 0 radical (unpaired) electrons. The van der Waals surface area contributed by atoms with E-state index in [2.05, 4.69) is 33.1 Å². The lowest BCUT2D eigenvalue weighted by molar-refractivity contribution is 0.0954. The van der Waals surface area contributed by atoms with Gasteiger partial charge in [-0.25, -0.2) is 0 Å². The molecule has 0 atom stereocenters. The lowest BCUT2D eigenvalue weighted by Gasteiger charge is -2.05. The number of nitrogens with one attached hydrogen (secondary N) is 1. The first kappa shape index (κ1) is 13.1. The molecular weight excluding hydrogens is 289 g/mol. The molecule has 0 aliphatic carbocycles. The molecule has 0 unspecified atom stereocenters. The Morgan fingerprint density at radius 1 is 1.56 bits per heavy atom. The van der Waals surface area contributed by atoms with Crippen LogP contribution in [-0.2, 0) is 0 Å². The van der Waals surface area contributed by atoms with Crippen LogP contribution in [0.4, 0.5) is 0 Å². The molecule has 0 saturated carbocycles. The minimum atomic E-state index is -0.177. The average molecular weight is 301 g/mol. The second-order valence-electron chi connectivity index (χ2n) is 3.06. The van der Waals surface area contributed by atoms with Crippen molar-refractivity contribution < 1.29 is 4.79 Å². The van der Waals surface area contributed by atoms with E-state index in [4.69, 9.17) is 11.6 Å². The van der Waals surface area contributed by atoms with Gasteiger partial charge in [0.2, 0.25) is 0 Å². The Morgan fingerprint density at radius 2 is 2.31 bits per heavy atom. The Balaban J connectivity index is 2.64. The monoisotopic (exact) mass is 299 g/mol. The topological polar surface area (TPSA) is 29.1 Å². The van der Waals surface area contributed by atoms with Gasteiger partial charge in [-0.15, -0.1) is 11.8 Å². The van der Waals surface area contributed by atoms with Gasteiger partial charge in [0.15, 0.2) is 0 Å². The Bertz CT molecular complexity index is 448. The van der Waals surface area contributed by atoms with Gasteiger partial charge >= 0.3 is 0 Å². The van der Waals surface area contributed by atoms with Crippen LogP contribution < -0.4 is 5.32 Å². The zero-order valence-electron chi connectivity index (χ0n) is 8.81. The molecule has 1 aromatic carbocycles. The smallest absolute Gasteiger partial charge is 0.252 e. The van der Waals surface area contributed by atoms with Crippen molar-refractivity contribution in [1.82, 2.24) is 5.32 Å². The van der Waals surface area contributed by atoms with E-state index < -0.39 is 0 Å². The molecule has 2 nitrogen and oxygen atoms in total. The number of halogens is 2. The predicted octanol–water partition coefficient (Wildman–Crippen LogP) is 3.25. The summed E-state index contributed by atoms with van der Waals surface area (Å²) in [5.74, 6) is 5.46. The molecule has 0 bridgehead atoms. The van der Waals surface area contributed by atoms with Gasteiger partial charge in [0, 0.05) is 17.4 Å². The fourth-order valence-corrected chi connectivity index (χ4v) is 1.69. The third kappa shape index (κ3) is 3.88. The molecule has 0 spiro atoms. The summed E-state index contributed by atoms with van der Waals surface area (Å²) in [7, 11) is 0. The lowest BCUT2D eigenvalue weighted by Crippen LogP contribution is -2.24. The standard InChI is InChI=1S/C12H11BrClNO/c1-2-3-4-7-15-12(16)10-8-9(13)5-6-11(10)14/h5-6,8H,4,7H2,1H3,(H,15,16). The fraction of sp³-hybridized carbons (Fsp3) is 0.250. The van der Waals surface area contributed by atoms with E-state index in [9.17, 15) is 4.79 Å². The molecule has 1 N–H and O–H groups in total. The van der Waals surface area contributed by atoms with Crippen LogP contribution in [0.25, 0.3) is 0 Å². The first-order chi connectivity index (χ1) is 7.65. The summed E-state index contributed by atoms with van der Waals surface area (Å²) in [6.07, 6.45) is 0.647. The number of carbonyl (C=O) groups excluding carboxylic acids is 1. The van der Waals surface area contributed by atoms with Crippen LogP contribution in [0.2, 0.25) is 5.02 Å². The molecular formula is C12H11BrClNO. The SMILES string of the molecule is CC#CCCNC(=O)c1cc(Br)ccc1Cl. The van der Waals surface area contributed by atoms with Crippen molar-refractivity contribution in [2.24, 2.45) is 0 Å². The van der Waals surface area contributed by atoms with Gasteiger partial charge in [0.05, 0.1) is 10.6 Å². The van der Waals surface area contributed by atoms with Crippen LogP contribution in [-0.4, -0.2) is 12.5 Å². The molecule has 0 saturated heterocycles. The molecule has 0 aliphatic rings. The summed E-state index contributed by atoms with van der Waals surface area (Å²) >= 11 is 9.22. The van der Waals surface area contributed by atoms with E-state index in [1.165, 1.54) is 0 Å². The minimum absolute atomic E-state index is 0.177. The van der Waals surface area contributed by atoms with Crippen molar-refractivity contribution in [2.75, 3.05) is 6.54 Å². The zero-order chi connectivity index (χ0) is 12.0. The van der Waals surface area contributed by atoms with Crippen LogP contribution in [0.1, 0.15) is 23.7 Å². The van der Waals surface area contributed by atoms with Crippen molar-refractivity contribution in [2.45, 2.75) is 13.3 Å². The Morgan fingerprint density at radius 3 is 3.00 bits per heavy atom. The fourth-order valence-electron chi connectivity index (χ4n) is 1.13. The van der Waals surface area contributed by atoms with E-state index in [1.54, 1.807) is 25.1 Å². The van der Waals surface area contributed by atoms with Gasteiger partial charge < -0.3 is 5.32 Å². The summed E-state index contributed by atoms with van der Waals surface area (Å²) in [5.41, 5.74) is 0.473. The Labute approximate surface area is 109 Å². The van der Waals surface area contributed by atoms with Crippen LogP contribution in [0, 0.1) is 11.8 Å². The molecule has 1 aromatic rings. The Kier molecular flexibility index (Phi) is 5.37. The van der Waals surface area contributed by atoms with Crippen LogP contribution in [0.15, 0.2) is 22.7 Å². The van der Waals surface area contributed by atoms with Crippen LogP contribution in [0.3, 0.4) is 0 Å². The number of hydrogen-bond acceptors (Lipinski definition) is 1. The van der Waals surface area contributed by atoms with E-state index in [0.29, 0.717) is 23.6 Å². The molecule has 84 valence electrons. The molecule has 16 heavy (non-hydrogen) atoms. The lowest BCUT2D eigenvalue weighted by atomic mass is 10.2. The maximum atomic E-state index is 11.7. The number of amides is 1. The van der Waals surface area contributed by atoms with Crippen molar-refractivity contribution in [3.63, 3.8) is 0 Å². The van der Waals surface area contributed by atoms with E-state index in [-0.39, 0.29) is 5.91 Å². The maximum absolute atomic E-state index is 11.7. The summed E-state index contributed by atoms with van der Waals surface area (Å²) in [5, 5.41) is 3.20. The molecule has 0 fully saturated rings. The van der Waals surface area contributed by atoms with Gasteiger partial charge in [-0.05, 0) is 25.1 Å². The normalized spacial score (nSPS) is 9.19. The van der Waals surface area contributed by atoms with Crippen molar-refractivity contribution in [1.29, 1.82) is 0 Å².